The van der Waals surface area contributed by atoms with E-state index < -0.39 is 10.0 Å². The zero-order valence-electron chi connectivity index (χ0n) is 14.6. The molecule has 0 atom stereocenters. The predicted molar refractivity (Wildman–Crippen MR) is 99.6 cm³/mol. The Labute approximate surface area is 151 Å². The molecule has 0 aliphatic carbocycles. The number of nitrogens with zero attached hydrogens (tertiary/aromatic N) is 3. The van der Waals surface area contributed by atoms with Gasteiger partial charge in [-0.1, -0.05) is 44.2 Å². The lowest BCUT2D eigenvalue weighted by molar-refractivity contribution is 0.572. The minimum absolute atomic E-state index is 0.0136. The fourth-order valence-corrected chi connectivity index (χ4v) is 3.83. The van der Waals surface area contributed by atoms with Crippen molar-refractivity contribution in [1.82, 2.24) is 19.3 Å². The number of anilines is 1. The van der Waals surface area contributed by atoms with Gasteiger partial charge in [0.25, 0.3) is 0 Å². The third kappa shape index (κ3) is 3.83. The maximum absolute atomic E-state index is 11.9. The molecule has 2 aromatic heterocycles. The van der Waals surface area contributed by atoms with Gasteiger partial charge in [-0.05, 0) is 24.7 Å². The summed E-state index contributed by atoms with van der Waals surface area (Å²) in [5, 5.41) is 8.44. The van der Waals surface area contributed by atoms with Crippen molar-refractivity contribution >= 4 is 31.5 Å². The van der Waals surface area contributed by atoms with Crippen LogP contribution in [0.5, 0.6) is 0 Å². The van der Waals surface area contributed by atoms with Gasteiger partial charge in [0, 0.05) is 12.0 Å². The smallest absolute Gasteiger partial charge is 0.240 e. The molecule has 0 aliphatic heterocycles. The Bertz CT molecular complexity index is 968. The van der Waals surface area contributed by atoms with E-state index in [2.05, 4.69) is 40.9 Å². The van der Waals surface area contributed by atoms with Crippen LogP contribution < -0.4 is 10.0 Å². The number of hydrogen-bond acceptors (Lipinski definition) is 6. The maximum atomic E-state index is 11.9. The molecular weight excluding hydrogens is 358 g/mol. The van der Waals surface area contributed by atoms with E-state index in [4.69, 9.17) is 0 Å². The molecule has 0 spiro atoms. The second-order valence-corrected chi connectivity index (χ2v) is 9.56. The Morgan fingerprint density at radius 1 is 1.28 bits per heavy atom. The predicted octanol–water partition coefficient (Wildman–Crippen LogP) is 2.61. The normalized spacial score (nSPS) is 12.6. The van der Waals surface area contributed by atoms with Crippen LogP contribution in [0.3, 0.4) is 0 Å². The summed E-state index contributed by atoms with van der Waals surface area (Å²) in [5.74, 6) is 0. The van der Waals surface area contributed by atoms with E-state index in [1.165, 1.54) is 18.4 Å². The molecule has 0 fully saturated rings. The third-order valence-electron chi connectivity index (χ3n) is 3.73. The van der Waals surface area contributed by atoms with Crippen molar-refractivity contribution in [3.63, 3.8) is 0 Å². The van der Waals surface area contributed by atoms with E-state index in [-0.39, 0.29) is 10.3 Å². The first-order valence-electron chi connectivity index (χ1n) is 7.82. The molecule has 0 aliphatic rings. The quantitative estimate of drug-likeness (QED) is 0.711. The second kappa shape index (κ2) is 6.40. The van der Waals surface area contributed by atoms with Gasteiger partial charge < -0.3 is 5.32 Å². The Morgan fingerprint density at radius 2 is 2.04 bits per heavy atom. The average molecular weight is 380 g/mol. The van der Waals surface area contributed by atoms with Gasteiger partial charge in [0.15, 0.2) is 0 Å². The first-order chi connectivity index (χ1) is 11.7. The Morgan fingerprint density at radius 3 is 2.68 bits per heavy atom. The summed E-state index contributed by atoms with van der Waals surface area (Å²) in [5.41, 5.74) is 1.85. The molecule has 0 amide bonds. The standard InChI is InChI=1S/C16H21N5O2S2/c1-16(2,3)13-10-21-15(19-13)24-14(20-21)18-9-11-6-5-7-12(8-11)25(22,23)17-4/h5-8,10,17H,9H2,1-4H3,(H,18,20). The van der Waals surface area contributed by atoms with Crippen LogP contribution in [0.1, 0.15) is 32.0 Å². The van der Waals surface area contributed by atoms with E-state index >= 15 is 0 Å². The van der Waals surface area contributed by atoms with Crippen LogP contribution in [-0.4, -0.2) is 30.1 Å². The minimum atomic E-state index is -3.44. The molecule has 25 heavy (non-hydrogen) atoms. The topological polar surface area (TPSA) is 88.4 Å². The third-order valence-corrected chi connectivity index (χ3v) is 6.03. The number of fused-ring (bicyclic) bond motifs is 1. The molecule has 134 valence electrons. The van der Waals surface area contributed by atoms with Crippen molar-refractivity contribution in [2.45, 2.75) is 37.6 Å². The van der Waals surface area contributed by atoms with Crippen LogP contribution in [0, 0.1) is 0 Å². The van der Waals surface area contributed by atoms with Crippen molar-refractivity contribution in [2.24, 2.45) is 0 Å². The highest BCUT2D eigenvalue weighted by Gasteiger charge is 2.19. The van der Waals surface area contributed by atoms with Crippen molar-refractivity contribution in [1.29, 1.82) is 0 Å². The Kier molecular flexibility index (Phi) is 4.56. The average Bonchev–Trinajstić information content (AvgIpc) is 3.11. The fourth-order valence-electron chi connectivity index (χ4n) is 2.25. The molecule has 9 heteroatoms. The zero-order valence-corrected chi connectivity index (χ0v) is 16.2. The van der Waals surface area contributed by atoms with Gasteiger partial charge in [-0.2, -0.15) is 0 Å². The number of benzene rings is 1. The lowest BCUT2D eigenvalue weighted by Crippen LogP contribution is -2.18. The van der Waals surface area contributed by atoms with Crippen LogP contribution in [0.4, 0.5) is 5.13 Å². The van der Waals surface area contributed by atoms with Crippen molar-refractivity contribution in [2.75, 3.05) is 12.4 Å². The SMILES string of the molecule is CNS(=O)(=O)c1cccc(CNc2nn3cc(C(C)(C)C)nc3s2)c1. The molecule has 0 unspecified atom stereocenters. The summed E-state index contributed by atoms with van der Waals surface area (Å²) in [4.78, 5) is 5.69. The van der Waals surface area contributed by atoms with Gasteiger partial charge in [0.1, 0.15) is 0 Å². The number of nitrogens with one attached hydrogen (secondary N) is 2. The molecule has 0 saturated heterocycles. The lowest BCUT2D eigenvalue weighted by Gasteiger charge is -2.13. The van der Waals surface area contributed by atoms with Gasteiger partial charge in [0.2, 0.25) is 20.1 Å². The summed E-state index contributed by atoms with van der Waals surface area (Å²) < 4.78 is 27.8. The highest BCUT2D eigenvalue weighted by molar-refractivity contribution is 7.89. The van der Waals surface area contributed by atoms with Gasteiger partial charge in [0.05, 0.1) is 16.8 Å². The highest BCUT2D eigenvalue weighted by atomic mass is 32.2. The van der Waals surface area contributed by atoms with Crippen LogP contribution in [0.25, 0.3) is 4.96 Å². The molecule has 3 rings (SSSR count). The maximum Gasteiger partial charge on any atom is 0.240 e. The van der Waals surface area contributed by atoms with Gasteiger partial charge in [-0.15, -0.1) is 5.10 Å². The lowest BCUT2D eigenvalue weighted by atomic mass is 9.93. The first-order valence-corrected chi connectivity index (χ1v) is 10.1. The molecule has 0 radical (unpaired) electrons. The number of sulfonamides is 1. The Hall–Kier alpha value is -1.97. The number of rotatable bonds is 5. The second-order valence-electron chi connectivity index (χ2n) is 6.72. The summed E-state index contributed by atoms with van der Waals surface area (Å²) in [6, 6.07) is 6.82. The molecular formula is C16H21N5O2S2. The van der Waals surface area contributed by atoms with Gasteiger partial charge >= 0.3 is 0 Å². The summed E-state index contributed by atoms with van der Waals surface area (Å²) in [7, 11) is -2.04. The molecule has 2 heterocycles. The first kappa shape index (κ1) is 17.8. The van der Waals surface area contributed by atoms with E-state index in [1.807, 2.05) is 12.3 Å². The number of imidazole rings is 1. The van der Waals surface area contributed by atoms with Crippen molar-refractivity contribution < 1.29 is 8.42 Å². The van der Waals surface area contributed by atoms with Crippen LogP contribution in [-0.2, 0) is 22.0 Å². The van der Waals surface area contributed by atoms with Gasteiger partial charge in [-0.3, -0.25) is 0 Å². The molecule has 0 saturated carbocycles. The Balaban J connectivity index is 1.75. The minimum Gasteiger partial charge on any atom is -0.356 e. The molecule has 2 N–H and O–H groups in total. The molecule has 3 aromatic rings. The molecule has 1 aromatic carbocycles. The van der Waals surface area contributed by atoms with Crippen LogP contribution in [0.2, 0.25) is 0 Å². The zero-order chi connectivity index (χ0) is 18.2. The number of hydrogen-bond donors (Lipinski definition) is 2. The fraction of sp³-hybridized carbons (Fsp3) is 0.375. The van der Waals surface area contributed by atoms with E-state index in [0.29, 0.717) is 6.54 Å². The van der Waals surface area contributed by atoms with E-state index in [9.17, 15) is 8.42 Å². The van der Waals surface area contributed by atoms with Gasteiger partial charge in [-0.25, -0.2) is 22.6 Å². The van der Waals surface area contributed by atoms with E-state index in [1.54, 1.807) is 22.7 Å². The van der Waals surface area contributed by atoms with Crippen LogP contribution >= 0.6 is 11.3 Å². The summed E-state index contributed by atoms with van der Waals surface area (Å²) >= 11 is 1.47. The van der Waals surface area contributed by atoms with Crippen molar-refractivity contribution in [3.8, 4) is 0 Å². The molecule has 7 nitrogen and oxygen atoms in total. The van der Waals surface area contributed by atoms with E-state index in [0.717, 1.165) is 21.3 Å². The molecule has 0 bridgehead atoms. The number of aromatic nitrogens is 3. The van der Waals surface area contributed by atoms with Crippen molar-refractivity contribution in [3.05, 3.63) is 41.7 Å². The monoisotopic (exact) mass is 379 g/mol. The summed E-state index contributed by atoms with van der Waals surface area (Å²) in [6.07, 6.45) is 1.94. The summed E-state index contributed by atoms with van der Waals surface area (Å²) in [6.45, 7) is 6.83. The highest BCUT2D eigenvalue weighted by Crippen LogP contribution is 2.26. The van der Waals surface area contributed by atoms with Crippen LogP contribution in [0.15, 0.2) is 35.4 Å². The largest absolute Gasteiger partial charge is 0.356 e.